The first-order valence-electron chi connectivity index (χ1n) is 8.12. The number of hydrogen-bond donors (Lipinski definition) is 0. The molecule has 2 aromatic heterocycles. The SMILES string of the molecule is Cn1nc(N2CC(Cn3nc(C(C)(C)C)ccc3=O)C2)ccc1=O. The number of rotatable bonds is 3. The van der Waals surface area contributed by atoms with Crippen LogP contribution in [0.2, 0.25) is 0 Å². The van der Waals surface area contributed by atoms with Gasteiger partial charge < -0.3 is 4.90 Å². The molecule has 0 spiro atoms. The predicted octanol–water partition coefficient (Wildman–Crippen LogP) is 0.771. The quantitative estimate of drug-likeness (QED) is 0.832. The van der Waals surface area contributed by atoms with Crippen LogP contribution in [0.4, 0.5) is 5.82 Å². The van der Waals surface area contributed by atoms with Crippen molar-refractivity contribution in [3.05, 3.63) is 50.7 Å². The van der Waals surface area contributed by atoms with Crippen molar-refractivity contribution < 1.29 is 0 Å². The molecule has 2 aromatic rings. The Bertz CT molecular complexity index is 856. The zero-order valence-corrected chi connectivity index (χ0v) is 14.6. The fourth-order valence-corrected chi connectivity index (χ4v) is 2.76. The Hall–Kier alpha value is -2.44. The highest BCUT2D eigenvalue weighted by molar-refractivity contribution is 5.39. The van der Waals surface area contributed by atoms with Crippen LogP contribution in [0.3, 0.4) is 0 Å². The van der Waals surface area contributed by atoms with Crippen molar-refractivity contribution in [2.45, 2.75) is 32.7 Å². The zero-order chi connectivity index (χ0) is 17.5. The van der Waals surface area contributed by atoms with Gasteiger partial charge in [-0.2, -0.15) is 10.2 Å². The Kier molecular flexibility index (Phi) is 4.03. The lowest BCUT2D eigenvalue weighted by Gasteiger charge is -2.40. The third kappa shape index (κ3) is 3.25. The van der Waals surface area contributed by atoms with Gasteiger partial charge in [-0.05, 0) is 12.1 Å². The van der Waals surface area contributed by atoms with Crippen molar-refractivity contribution in [1.82, 2.24) is 19.6 Å². The summed E-state index contributed by atoms with van der Waals surface area (Å²) < 4.78 is 2.90. The van der Waals surface area contributed by atoms with Crippen LogP contribution in [0, 0.1) is 5.92 Å². The molecular formula is C17H23N5O2. The topological polar surface area (TPSA) is 73.0 Å². The Balaban J connectivity index is 1.68. The molecule has 0 atom stereocenters. The summed E-state index contributed by atoms with van der Waals surface area (Å²) in [6, 6.07) is 6.66. The Morgan fingerprint density at radius 1 is 1.04 bits per heavy atom. The van der Waals surface area contributed by atoms with Gasteiger partial charge in [0.1, 0.15) is 5.82 Å². The molecule has 1 aliphatic heterocycles. The lowest BCUT2D eigenvalue weighted by atomic mass is 9.92. The maximum absolute atomic E-state index is 12.0. The molecule has 128 valence electrons. The second-order valence-corrected chi connectivity index (χ2v) is 7.41. The standard InChI is InChI=1S/C17H23N5O2/c1-17(2,3)13-5-7-16(24)22(18-13)11-12-9-21(10-12)14-6-8-15(23)20(4)19-14/h5-8,12H,9-11H2,1-4H3. The van der Waals surface area contributed by atoms with Crippen LogP contribution in [0.1, 0.15) is 26.5 Å². The van der Waals surface area contributed by atoms with E-state index in [1.807, 2.05) is 0 Å². The van der Waals surface area contributed by atoms with E-state index < -0.39 is 0 Å². The van der Waals surface area contributed by atoms with Crippen LogP contribution >= 0.6 is 0 Å². The molecule has 0 radical (unpaired) electrons. The van der Waals surface area contributed by atoms with Crippen molar-refractivity contribution in [1.29, 1.82) is 0 Å². The van der Waals surface area contributed by atoms with Gasteiger partial charge in [0.05, 0.1) is 12.2 Å². The summed E-state index contributed by atoms with van der Waals surface area (Å²) in [6.07, 6.45) is 0. The summed E-state index contributed by atoms with van der Waals surface area (Å²) in [4.78, 5) is 25.5. The molecule has 24 heavy (non-hydrogen) atoms. The Labute approximate surface area is 140 Å². The van der Waals surface area contributed by atoms with Crippen LogP contribution in [-0.4, -0.2) is 32.7 Å². The van der Waals surface area contributed by atoms with Gasteiger partial charge in [-0.3, -0.25) is 9.59 Å². The van der Waals surface area contributed by atoms with E-state index in [1.54, 1.807) is 29.9 Å². The lowest BCUT2D eigenvalue weighted by Crippen LogP contribution is -2.50. The van der Waals surface area contributed by atoms with Crippen LogP contribution in [0.25, 0.3) is 0 Å². The van der Waals surface area contributed by atoms with Gasteiger partial charge in [-0.15, -0.1) is 0 Å². The van der Waals surface area contributed by atoms with Gasteiger partial charge in [-0.25, -0.2) is 9.36 Å². The molecule has 3 rings (SSSR count). The molecule has 0 saturated carbocycles. The summed E-state index contributed by atoms with van der Waals surface area (Å²) in [6.45, 7) is 8.46. The van der Waals surface area contributed by atoms with E-state index in [9.17, 15) is 9.59 Å². The fraction of sp³-hybridized carbons (Fsp3) is 0.529. The Morgan fingerprint density at radius 2 is 1.71 bits per heavy atom. The van der Waals surface area contributed by atoms with E-state index in [-0.39, 0.29) is 16.5 Å². The minimum absolute atomic E-state index is 0.0679. The molecule has 0 bridgehead atoms. The van der Waals surface area contributed by atoms with E-state index >= 15 is 0 Å². The van der Waals surface area contributed by atoms with E-state index in [0.29, 0.717) is 12.5 Å². The lowest BCUT2D eigenvalue weighted by molar-refractivity contribution is 0.326. The predicted molar refractivity (Wildman–Crippen MR) is 92.4 cm³/mol. The van der Waals surface area contributed by atoms with Gasteiger partial charge in [0, 0.05) is 43.6 Å². The number of anilines is 1. The van der Waals surface area contributed by atoms with Gasteiger partial charge >= 0.3 is 0 Å². The number of hydrogen-bond acceptors (Lipinski definition) is 5. The number of aryl methyl sites for hydroxylation is 1. The smallest absolute Gasteiger partial charge is 0.266 e. The monoisotopic (exact) mass is 329 g/mol. The zero-order valence-electron chi connectivity index (χ0n) is 14.6. The summed E-state index contributed by atoms with van der Waals surface area (Å²) in [5.41, 5.74) is 0.644. The molecule has 3 heterocycles. The molecule has 0 N–H and O–H groups in total. The van der Waals surface area contributed by atoms with E-state index in [2.05, 4.69) is 35.9 Å². The molecule has 1 fully saturated rings. The summed E-state index contributed by atoms with van der Waals surface area (Å²) >= 11 is 0. The first kappa shape index (κ1) is 16.4. The first-order valence-corrected chi connectivity index (χ1v) is 8.12. The molecule has 7 nitrogen and oxygen atoms in total. The maximum atomic E-state index is 12.0. The van der Waals surface area contributed by atoms with Crippen LogP contribution in [-0.2, 0) is 19.0 Å². The molecule has 0 unspecified atom stereocenters. The highest BCUT2D eigenvalue weighted by Gasteiger charge is 2.29. The van der Waals surface area contributed by atoms with Crippen molar-refractivity contribution >= 4 is 5.82 Å². The highest BCUT2D eigenvalue weighted by Crippen LogP contribution is 2.23. The van der Waals surface area contributed by atoms with Gasteiger partial charge in [0.15, 0.2) is 0 Å². The second-order valence-electron chi connectivity index (χ2n) is 7.41. The largest absolute Gasteiger partial charge is 0.354 e. The summed E-state index contributed by atoms with van der Waals surface area (Å²) in [5, 5.41) is 8.76. The van der Waals surface area contributed by atoms with Gasteiger partial charge in [-0.1, -0.05) is 20.8 Å². The van der Waals surface area contributed by atoms with Crippen LogP contribution in [0.15, 0.2) is 33.9 Å². The number of nitrogens with zero attached hydrogens (tertiary/aromatic N) is 5. The van der Waals surface area contributed by atoms with Gasteiger partial charge in [0.2, 0.25) is 0 Å². The highest BCUT2D eigenvalue weighted by atomic mass is 16.1. The third-order valence-corrected chi connectivity index (χ3v) is 4.29. The fourth-order valence-electron chi connectivity index (χ4n) is 2.76. The van der Waals surface area contributed by atoms with E-state index in [0.717, 1.165) is 24.6 Å². The minimum Gasteiger partial charge on any atom is -0.354 e. The van der Waals surface area contributed by atoms with Crippen molar-refractivity contribution in [3.63, 3.8) is 0 Å². The summed E-state index contributed by atoms with van der Waals surface area (Å²) in [5.74, 6) is 1.14. The molecule has 0 amide bonds. The van der Waals surface area contributed by atoms with Crippen molar-refractivity contribution in [2.24, 2.45) is 13.0 Å². The number of aromatic nitrogens is 4. The average Bonchev–Trinajstić information content (AvgIpc) is 2.46. The first-order chi connectivity index (χ1) is 11.2. The normalized spacial score (nSPS) is 15.4. The average molecular weight is 329 g/mol. The Morgan fingerprint density at radius 3 is 2.33 bits per heavy atom. The maximum Gasteiger partial charge on any atom is 0.266 e. The second kappa shape index (κ2) is 5.89. The molecule has 0 aliphatic carbocycles. The summed E-state index contributed by atoms with van der Waals surface area (Å²) in [7, 11) is 1.64. The third-order valence-electron chi connectivity index (χ3n) is 4.29. The van der Waals surface area contributed by atoms with Crippen LogP contribution in [0.5, 0.6) is 0 Å². The van der Waals surface area contributed by atoms with E-state index in [1.165, 1.54) is 10.7 Å². The van der Waals surface area contributed by atoms with E-state index in [4.69, 9.17) is 0 Å². The molecule has 1 aliphatic rings. The van der Waals surface area contributed by atoms with Gasteiger partial charge in [0.25, 0.3) is 11.1 Å². The minimum atomic E-state index is -0.120. The molecule has 0 aromatic carbocycles. The van der Waals surface area contributed by atoms with Crippen molar-refractivity contribution in [3.8, 4) is 0 Å². The molecule has 1 saturated heterocycles. The van der Waals surface area contributed by atoms with Crippen molar-refractivity contribution in [2.75, 3.05) is 18.0 Å². The molecule has 7 heteroatoms. The molecular weight excluding hydrogens is 306 g/mol. The van der Waals surface area contributed by atoms with Crippen LogP contribution < -0.4 is 16.0 Å².